The first kappa shape index (κ1) is 10.0. The van der Waals surface area contributed by atoms with Crippen LogP contribution in [0.3, 0.4) is 0 Å². The van der Waals surface area contributed by atoms with Gasteiger partial charge < -0.3 is 14.6 Å². The third kappa shape index (κ3) is 2.29. The Bertz CT molecular complexity index is 348. The first-order valence-electron chi connectivity index (χ1n) is 5.24. The lowest BCUT2D eigenvalue weighted by Crippen LogP contribution is -2.21. The number of hydrogen-bond donors (Lipinski definition) is 1. The van der Waals surface area contributed by atoms with E-state index in [-0.39, 0.29) is 12.2 Å². The van der Waals surface area contributed by atoms with Gasteiger partial charge in [-0.3, -0.25) is 0 Å². The largest absolute Gasteiger partial charge is 0.442 e. The van der Waals surface area contributed by atoms with Crippen LogP contribution in [0.4, 0.5) is 4.79 Å². The van der Waals surface area contributed by atoms with E-state index in [1.807, 2.05) is 6.20 Å². The number of nitrogens with zero attached hydrogens (tertiary/aromatic N) is 2. The van der Waals surface area contributed by atoms with Crippen molar-refractivity contribution < 1.29 is 9.53 Å². The summed E-state index contributed by atoms with van der Waals surface area (Å²) in [4.78, 5) is 15.1. The lowest BCUT2D eigenvalue weighted by atomic mass is 10.3. The zero-order valence-corrected chi connectivity index (χ0v) is 8.77. The summed E-state index contributed by atoms with van der Waals surface area (Å²) in [5.41, 5.74) is 0. The van der Waals surface area contributed by atoms with Crippen LogP contribution in [0.2, 0.25) is 0 Å². The minimum absolute atomic E-state index is 0.0673. The van der Waals surface area contributed by atoms with Gasteiger partial charge in [-0.05, 0) is 6.42 Å². The molecule has 1 aromatic rings. The summed E-state index contributed by atoms with van der Waals surface area (Å²) in [5, 5.41) is 2.64. The Kier molecular flexibility index (Phi) is 2.89. The van der Waals surface area contributed by atoms with Crippen LogP contribution in [-0.2, 0) is 17.7 Å². The van der Waals surface area contributed by atoms with Crippen LogP contribution < -0.4 is 5.32 Å². The van der Waals surface area contributed by atoms with Gasteiger partial charge >= 0.3 is 6.09 Å². The number of rotatable bonds is 4. The van der Waals surface area contributed by atoms with Gasteiger partial charge in [-0.15, -0.1) is 0 Å². The molecule has 5 heteroatoms. The Morgan fingerprint density at radius 3 is 3.27 bits per heavy atom. The number of cyclic esters (lactones) is 1. The van der Waals surface area contributed by atoms with Crippen molar-refractivity contribution in [2.75, 3.05) is 6.54 Å². The van der Waals surface area contributed by atoms with Crippen molar-refractivity contribution in [2.45, 2.75) is 32.4 Å². The van der Waals surface area contributed by atoms with E-state index in [1.165, 1.54) is 0 Å². The molecule has 0 saturated carbocycles. The van der Waals surface area contributed by atoms with Gasteiger partial charge in [0.15, 0.2) is 0 Å². The molecule has 0 radical (unpaired) electrons. The van der Waals surface area contributed by atoms with E-state index in [9.17, 15) is 4.79 Å². The molecule has 1 aliphatic rings. The van der Waals surface area contributed by atoms with Crippen molar-refractivity contribution in [3.05, 3.63) is 18.2 Å². The van der Waals surface area contributed by atoms with Crippen molar-refractivity contribution >= 4 is 6.09 Å². The van der Waals surface area contributed by atoms with E-state index < -0.39 is 0 Å². The SMILES string of the molecule is CCCc1nccn1CC1CNC(=O)O1. The summed E-state index contributed by atoms with van der Waals surface area (Å²) < 4.78 is 7.12. The zero-order chi connectivity index (χ0) is 10.7. The molecule has 0 spiro atoms. The highest BCUT2D eigenvalue weighted by atomic mass is 16.6. The molecule has 15 heavy (non-hydrogen) atoms. The summed E-state index contributed by atoms with van der Waals surface area (Å²) >= 11 is 0. The number of ether oxygens (including phenoxy) is 1. The average molecular weight is 209 g/mol. The molecule has 0 aromatic carbocycles. The van der Waals surface area contributed by atoms with E-state index in [1.54, 1.807) is 6.20 Å². The number of aryl methyl sites for hydroxylation is 1. The number of amides is 1. The second-order valence-electron chi connectivity index (χ2n) is 3.65. The van der Waals surface area contributed by atoms with Crippen LogP contribution in [0.15, 0.2) is 12.4 Å². The molecule has 2 heterocycles. The Morgan fingerprint density at radius 2 is 2.60 bits per heavy atom. The predicted octanol–water partition coefficient (Wildman–Crippen LogP) is 0.944. The minimum atomic E-state index is -0.322. The maximum atomic E-state index is 10.8. The van der Waals surface area contributed by atoms with Crippen LogP contribution in [0.25, 0.3) is 0 Å². The van der Waals surface area contributed by atoms with Crippen molar-refractivity contribution in [3.63, 3.8) is 0 Å². The van der Waals surface area contributed by atoms with E-state index >= 15 is 0 Å². The number of hydrogen-bond acceptors (Lipinski definition) is 3. The van der Waals surface area contributed by atoms with E-state index in [0.29, 0.717) is 13.1 Å². The second-order valence-corrected chi connectivity index (χ2v) is 3.65. The quantitative estimate of drug-likeness (QED) is 0.803. The molecule has 0 aliphatic carbocycles. The number of alkyl carbamates (subject to hydrolysis) is 1. The van der Waals surface area contributed by atoms with Gasteiger partial charge in [0.2, 0.25) is 0 Å². The van der Waals surface area contributed by atoms with E-state index in [4.69, 9.17) is 4.74 Å². The molecular formula is C10H15N3O2. The van der Waals surface area contributed by atoms with Crippen molar-refractivity contribution in [1.29, 1.82) is 0 Å². The Morgan fingerprint density at radius 1 is 1.73 bits per heavy atom. The normalized spacial score (nSPS) is 20.1. The fourth-order valence-corrected chi connectivity index (χ4v) is 1.71. The van der Waals surface area contributed by atoms with Crippen LogP contribution >= 0.6 is 0 Å². The average Bonchev–Trinajstić information content (AvgIpc) is 2.78. The molecule has 1 atom stereocenters. The van der Waals surface area contributed by atoms with Gasteiger partial charge in [0.25, 0.3) is 0 Å². The number of nitrogens with one attached hydrogen (secondary N) is 1. The maximum Gasteiger partial charge on any atom is 0.407 e. The van der Waals surface area contributed by atoms with Gasteiger partial charge in [-0.1, -0.05) is 6.92 Å². The van der Waals surface area contributed by atoms with Crippen LogP contribution in [0.1, 0.15) is 19.2 Å². The first-order chi connectivity index (χ1) is 7.29. The first-order valence-corrected chi connectivity index (χ1v) is 5.24. The van der Waals surface area contributed by atoms with E-state index in [2.05, 4.69) is 21.8 Å². The fourth-order valence-electron chi connectivity index (χ4n) is 1.71. The summed E-state index contributed by atoms with van der Waals surface area (Å²) in [7, 11) is 0. The third-order valence-electron chi connectivity index (χ3n) is 2.42. The van der Waals surface area contributed by atoms with Gasteiger partial charge in [0.05, 0.1) is 13.1 Å². The van der Waals surface area contributed by atoms with E-state index in [0.717, 1.165) is 18.7 Å². The number of carbonyl (C=O) groups is 1. The molecule has 5 nitrogen and oxygen atoms in total. The number of aromatic nitrogens is 2. The molecule has 1 aliphatic heterocycles. The molecule has 0 bridgehead atoms. The summed E-state index contributed by atoms with van der Waals surface area (Å²) in [6, 6.07) is 0. The topological polar surface area (TPSA) is 56.2 Å². The van der Waals surface area contributed by atoms with Gasteiger partial charge in [0.1, 0.15) is 11.9 Å². The zero-order valence-electron chi connectivity index (χ0n) is 8.77. The highest BCUT2D eigenvalue weighted by Gasteiger charge is 2.23. The maximum absolute atomic E-state index is 10.8. The summed E-state index contributed by atoms with van der Waals surface area (Å²) in [6.07, 6.45) is 5.35. The lowest BCUT2D eigenvalue weighted by molar-refractivity contribution is 0.130. The monoisotopic (exact) mass is 209 g/mol. The molecule has 1 N–H and O–H groups in total. The number of carbonyl (C=O) groups excluding carboxylic acids is 1. The lowest BCUT2D eigenvalue weighted by Gasteiger charge is -2.11. The van der Waals surface area contributed by atoms with Crippen molar-refractivity contribution in [3.8, 4) is 0 Å². The van der Waals surface area contributed by atoms with Gasteiger partial charge in [-0.25, -0.2) is 9.78 Å². The highest BCUT2D eigenvalue weighted by Crippen LogP contribution is 2.07. The van der Waals surface area contributed by atoms with Gasteiger partial charge in [-0.2, -0.15) is 0 Å². The van der Waals surface area contributed by atoms with Crippen molar-refractivity contribution in [1.82, 2.24) is 14.9 Å². The Hall–Kier alpha value is -1.52. The third-order valence-corrected chi connectivity index (χ3v) is 2.42. The molecule has 82 valence electrons. The fraction of sp³-hybridized carbons (Fsp3) is 0.600. The molecule has 1 amide bonds. The highest BCUT2D eigenvalue weighted by molar-refractivity contribution is 5.69. The standard InChI is InChI=1S/C10H15N3O2/c1-2-3-9-11-4-5-13(9)7-8-6-12-10(14)15-8/h4-5,8H,2-3,6-7H2,1H3,(H,12,14). The van der Waals surface area contributed by atoms with Crippen LogP contribution in [0, 0.1) is 0 Å². The van der Waals surface area contributed by atoms with Crippen LogP contribution in [0.5, 0.6) is 0 Å². The Labute approximate surface area is 88.4 Å². The molecule has 1 unspecified atom stereocenters. The van der Waals surface area contributed by atoms with Gasteiger partial charge in [0, 0.05) is 18.8 Å². The molecule has 1 fully saturated rings. The predicted molar refractivity (Wildman–Crippen MR) is 54.5 cm³/mol. The molecule has 2 rings (SSSR count). The Balaban J connectivity index is 1.97. The smallest absolute Gasteiger partial charge is 0.407 e. The minimum Gasteiger partial charge on any atom is -0.442 e. The van der Waals surface area contributed by atoms with Crippen molar-refractivity contribution in [2.24, 2.45) is 0 Å². The molecule has 1 saturated heterocycles. The second kappa shape index (κ2) is 4.33. The van der Waals surface area contributed by atoms with Crippen LogP contribution in [-0.4, -0.2) is 28.3 Å². The molecular weight excluding hydrogens is 194 g/mol. The molecule has 1 aromatic heterocycles. The summed E-state index contributed by atoms with van der Waals surface area (Å²) in [6.45, 7) is 3.40. The summed E-state index contributed by atoms with van der Waals surface area (Å²) in [5.74, 6) is 1.06. The number of imidazole rings is 1.